The van der Waals surface area contributed by atoms with Crippen molar-refractivity contribution in [3.05, 3.63) is 51.1 Å². The maximum atomic E-state index is 12.4. The lowest BCUT2D eigenvalue weighted by molar-refractivity contribution is 0.462. The van der Waals surface area contributed by atoms with Crippen molar-refractivity contribution in [2.24, 2.45) is 0 Å². The molecule has 2 aromatic rings. The van der Waals surface area contributed by atoms with Gasteiger partial charge in [0, 0.05) is 3.57 Å². The van der Waals surface area contributed by atoms with Crippen molar-refractivity contribution in [3.63, 3.8) is 0 Å². The average molecular weight is 467 g/mol. The summed E-state index contributed by atoms with van der Waals surface area (Å²) >= 11 is 1.88. The van der Waals surface area contributed by atoms with Gasteiger partial charge in [-0.1, -0.05) is 12.1 Å². The molecule has 23 heavy (non-hydrogen) atoms. The quantitative estimate of drug-likeness (QED) is 0.389. The molecule has 124 valence electrons. The second-order valence-electron chi connectivity index (χ2n) is 4.81. The predicted octanol–water partition coefficient (Wildman–Crippen LogP) is 2.58. The second kappa shape index (κ2) is 6.38. The highest BCUT2D eigenvalue weighted by Crippen LogP contribution is 2.29. The molecule has 6 nitrogen and oxygen atoms in total. The molecule has 0 bridgehead atoms. The molecule has 0 N–H and O–H groups in total. The van der Waals surface area contributed by atoms with Crippen LogP contribution < -0.4 is 4.18 Å². The van der Waals surface area contributed by atoms with E-state index in [1.807, 2.05) is 22.6 Å². The molecule has 0 saturated carbocycles. The van der Waals surface area contributed by atoms with E-state index in [0.717, 1.165) is 6.07 Å². The number of hydrogen-bond donors (Lipinski definition) is 0. The van der Waals surface area contributed by atoms with Crippen LogP contribution >= 0.6 is 22.6 Å². The van der Waals surface area contributed by atoms with Gasteiger partial charge in [-0.15, -0.1) is 0 Å². The maximum Gasteiger partial charge on any atom is 0.340 e. The van der Waals surface area contributed by atoms with Gasteiger partial charge in [0.25, 0.3) is 0 Å². The van der Waals surface area contributed by atoms with Gasteiger partial charge in [-0.25, -0.2) is 8.42 Å². The van der Waals surface area contributed by atoms with Crippen LogP contribution in [0.15, 0.2) is 46.2 Å². The van der Waals surface area contributed by atoms with Crippen molar-refractivity contribution >= 4 is 42.8 Å². The molecule has 0 atom stereocenters. The summed E-state index contributed by atoms with van der Waals surface area (Å²) in [6, 6.07) is 8.65. The van der Waals surface area contributed by atoms with E-state index in [9.17, 15) is 21.4 Å². The lowest BCUT2D eigenvalue weighted by atomic mass is 10.1. The molecular formula is C14H12IO6S2-. The Labute approximate surface area is 148 Å². The topological polar surface area (TPSA) is 101 Å². The first-order valence-electron chi connectivity index (χ1n) is 6.28. The zero-order valence-electron chi connectivity index (χ0n) is 12.1. The Balaban J connectivity index is 2.49. The number of rotatable bonds is 4. The van der Waals surface area contributed by atoms with Crippen LogP contribution in [0.4, 0.5) is 0 Å². The van der Waals surface area contributed by atoms with Crippen molar-refractivity contribution in [1.29, 1.82) is 0 Å². The largest absolute Gasteiger partial charge is 0.744 e. The zero-order valence-corrected chi connectivity index (χ0v) is 15.9. The van der Waals surface area contributed by atoms with Gasteiger partial charge in [0.15, 0.2) is 0 Å². The van der Waals surface area contributed by atoms with Crippen LogP contribution in [0, 0.1) is 17.4 Å². The summed E-state index contributed by atoms with van der Waals surface area (Å²) in [5.74, 6) is -0.0189. The van der Waals surface area contributed by atoms with Crippen LogP contribution in [0.1, 0.15) is 11.1 Å². The van der Waals surface area contributed by atoms with Crippen molar-refractivity contribution in [2.45, 2.75) is 23.6 Å². The molecule has 0 aromatic heterocycles. The predicted molar refractivity (Wildman–Crippen MR) is 90.9 cm³/mol. The first-order valence-corrected chi connectivity index (χ1v) is 10.2. The summed E-state index contributed by atoms with van der Waals surface area (Å²) in [5.41, 5.74) is 0.359. The van der Waals surface area contributed by atoms with Crippen molar-refractivity contribution in [3.8, 4) is 5.75 Å². The smallest absolute Gasteiger partial charge is 0.340 e. The molecule has 2 aromatic carbocycles. The normalized spacial score (nSPS) is 12.2. The SMILES string of the molecule is Cc1cc(S(=O)(=O)[O-])c(C)cc1OS(=O)(=O)c1ccccc1I. The third kappa shape index (κ3) is 4.03. The summed E-state index contributed by atoms with van der Waals surface area (Å²) in [5, 5.41) is 0. The van der Waals surface area contributed by atoms with Crippen LogP contribution in [0.2, 0.25) is 0 Å². The standard InChI is InChI=1S/C14H13IO6S2/c1-9-8-14(22(16,17)18)10(2)7-12(9)21-23(19,20)13-6-4-3-5-11(13)15/h3-8H,1-2H3,(H,16,17,18)/p-1. The second-order valence-corrected chi connectivity index (χ2v) is 8.83. The molecule has 0 aliphatic heterocycles. The van der Waals surface area contributed by atoms with Gasteiger partial charge >= 0.3 is 10.1 Å². The number of benzene rings is 2. The highest BCUT2D eigenvalue weighted by atomic mass is 127. The van der Waals surface area contributed by atoms with E-state index in [0.29, 0.717) is 3.57 Å². The average Bonchev–Trinajstić information content (AvgIpc) is 2.41. The minimum Gasteiger partial charge on any atom is -0.744 e. The first-order chi connectivity index (χ1) is 10.5. The molecule has 9 heteroatoms. The van der Waals surface area contributed by atoms with Crippen LogP contribution in [0.25, 0.3) is 0 Å². The summed E-state index contributed by atoms with van der Waals surface area (Å²) in [7, 11) is -8.70. The molecule has 0 saturated heterocycles. The van der Waals surface area contributed by atoms with Crippen LogP contribution in [0.5, 0.6) is 5.75 Å². The fraction of sp³-hybridized carbons (Fsp3) is 0.143. The summed E-state index contributed by atoms with van der Waals surface area (Å²) < 4.78 is 63.8. The molecule has 0 unspecified atom stereocenters. The lowest BCUT2D eigenvalue weighted by Crippen LogP contribution is -2.12. The monoisotopic (exact) mass is 467 g/mol. The van der Waals surface area contributed by atoms with Crippen LogP contribution in [-0.4, -0.2) is 21.4 Å². The van der Waals surface area contributed by atoms with Crippen molar-refractivity contribution in [2.75, 3.05) is 0 Å². The highest BCUT2D eigenvalue weighted by Gasteiger charge is 2.21. The third-order valence-electron chi connectivity index (χ3n) is 3.05. The number of halogens is 1. The molecule has 0 fully saturated rings. The fourth-order valence-corrected chi connectivity index (χ4v) is 4.96. The van der Waals surface area contributed by atoms with Gasteiger partial charge in [0.2, 0.25) is 0 Å². The molecule has 2 rings (SSSR count). The molecule has 0 amide bonds. The molecule has 0 aliphatic carbocycles. The van der Waals surface area contributed by atoms with E-state index >= 15 is 0 Å². The number of hydrogen-bond acceptors (Lipinski definition) is 6. The van der Waals surface area contributed by atoms with Crippen LogP contribution in [0.3, 0.4) is 0 Å². The van der Waals surface area contributed by atoms with E-state index in [1.54, 1.807) is 18.2 Å². The Kier molecular flexibility index (Phi) is 5.04. The third-order valence-corrected chi connectivity index (χ3v) is 6.63. The number of aryl methyl sites for hydroxylation is 2. The minimum absolute atomic E-state index is 0.0122. The Bertz CT molecular complexity index is 965. The van der Waals surface area contributed by atoms with E-state index in [4.69, 9.17) is 4.18 Å². The van der Waals surface area contributed by atoms with Crippen LogP contribution in [-0.2, 0) is 20.2 Å². The zero-order chi connectivity index (χ0) is 17.4. The summed E-state index contributed by atoms with van der Waals surface area (Å²) in [6.45, 7) is 2.87. The molecule has 0 radical (unpaired) electrons. The lowest BCUT2D eigenvalue weighted by Gasteiger charge is -2.15. The van der Waals surface area contributed by atoms with Gasteiger partial charge in [0.05, 0.1) is 4.90 Å². The van der Waals surface area contributed by atoms with Gasteiger partial charge in [-0.3, -0.25) is 0 Å². The van der Waals surface area contributed by atoms with E-state index in [-0.39, 0.29) is 21.8 Å². The maximum absolute atomic E-state index is 12.4. The van der Waals surface area contributed by atoms with Gasteiger partial charge in [0.1, 0.15) is 20.8 Å². The Morgan fingerprint density at radius 3 is 2.13 bits per heavy atom. The molecule has 0 heterocycles. The van der Waals surface area contributed by atoms with Gasteiger partial charge in [-0.05, 0) is 71.8 Å². The van der Waals surface area contributed by atoms with Gasteiger partial charge < -0.3 is 8.74 Å². The highest BCUT2D eigenvalue weighted by molar-refractivity contribution is 14.1. The molecule has 0 spiro atoms. The Morgan fingerprint density at radius 1 is 0.957 bits per heavy atom. The summed E-state index contributed by atoms with van der Waals surface area (Å²) in [4.78, 5) is -0.382. The Morgan fingerprint density at radius 2 is 1.57 bits per heavy atom. The molecule has 0 aliphatic rings. The van der Waals surface area contributed by atoms with E-state index in [1.165, 1.54) is 26.0 Å². The Hall–Kier alpha value is -1.17. The minimum atomic E-state index is -4.63. The van der Waals surface area contributed by atoms with E-state index in [2.05, 4.69) is 0 Å². The van der Waals surface area contributed by atoms with E-state index < -0.39 is 25.1 Å². The molecular weight excluding hydrogens is 455 g/mol. The van der Waals surface area contributed by atoms with Crippen molar-refractivity contribution in [1.82, 2.24) is 0 Å². The first kappa shape index (κ1) is 18.2. The van der Waals surface area contributed by atoms with Crippen molar-refractivity contribution < 1.29 is 25.6 Å². The van der Waals surface area contributed by atoms with Gasteiger partial charge in [-0.2, -0.15) is 8.42 Å². The fourth-order valence-electron chi connectivity index (χ4n) is 1.93. The summed E-state index contributed by atoms with van der Waals surface area (Å²) in [6.07, 6.45) is 0.